The Hall–Kier alpha value is -4.14. The number of hydrogen-bond acceptors (Lipinski definition) is 6. The predicted octanol–water partition coefficient (Wildman–Crippen LogP) is 2.79. The Morgan fingerprint density at radius 2 is 1.69 bits per heavy atom. The van der Waals surface area contributed by atoms with Crippen molar-refractivity contribution in [3.63, 3.8) is 0 Å². The van der Waals surface area contributed by atoms with Gasteiger partial charge in [-0.3, -0.25) is 0 Å². The Morgan fingerprint density at radius 3 is 2.31 bits per heavy atom. The van der Waals surface area contributed by atoms with Gasteiger partial charge in [0.25, 0.3) is 0 Å². The van der Waals surface area contributed by atoms with E-state index in [2.05, 4.69) is 9.97 Å². The Bertz CT molecular complexity index is 1270. The SMILES string of the molecule is COc1ccc(OC)c(-c2cnc(-n3c(=O)n(C(=O)O)c4ccccc43)nc2)c1. The minimum Gasteiger partial charge on any atom is -0.497 e. The van der Waals surface area contributed by atoms with Crippen LogP contribution in [0.1, 0.15) is 0 Å². The molecule has 0 amide bonds. The van der Waals surface area contributed by atoms with Crippen LogP contribution in [0.4, 0.5) is 4.79 Å². The van der Waals surface area contributed by atoms with E-state index in [4.69, 9.17) is 9.47 Å². The zero-order chi connectivity index (χ0) is 20.5. The number of carboxylic acid groups (broad SMARTS) is 1. The molecule has 2 aromatic heterocycles. The molecule has 4 rings (SSSR count). The summed E-state index contributed by atoms with van der Waals surface area (Å²) in [5.41, 5.74) is 1.27. The van der Waals surface area contributed by atoms with Crippen LogP contribution >= 0.6 is 0 Å². The molecule has 0 spiro atoms. The molecule has 0 saturated heterocycles. The van der Waals surface area contributed by atoms with Crippen molar-refractivity contribution < 1.29 is 19.4 Å². The Balaban J connectivity index is 1.86. The molecule has 0 atom stereocenters. The van der Waals surface area contributed by atoms with Crippen LogP contribution in [-0.4, -0.2) is 44.5 Å². The number of carbonyl (C=O) groups is 1. The van der Waals surface area contributed by atoms with Gasteiger partial charge in [-0.1, -0.05) is 12.1 Å². The van der Waals surface area contributed by atoms with Crippen LogP contribution in [0.3, 0.4) is 0 Å². The summed E-state index contributed by atoms with van der Waals surface area (Å²) in [5.74, 6) is 1.32. The summed E-state index contributed by atoms with van der Waals surface area (Å²) in [6.45, 7) is 0. The standard InChI is InChI=1S/C20H16N4O5/c1-28-13-7-8-17(29-2)14(9-13)12-10-21-18(22-11-12)23-15-5-3-4-6-16(15)24(19(23)25)20(26)27/h3-11H,1-2H3,(H,26,27). The van der Waals surface area contributed by atoms with Crippen molar-refractivity contribution in [2.45, 2.75) is 0 Å². The summed E-state index contributed by atoms with van der Waals surface area (Å²) < 4.78 is 12.5. The average molecular weight is 392 g/mol. The molecule has 1 N–H and O–H groups in total. The lowest BCUT2D eigenvalue weighted by atomic mass is 10.1. The second-order valence-corrected chi connectivity index (χ2v) is 6.06. The molecule has 0 aliphatic heterocycles. The zero-order valence-corrected chi connectivity index (χ0v) is 15.6. The maximum Gasteiger partial charge on any atom is 0.420 e. The monoisotopic (exact) mass is 392 g/mol. The maximum absolute atomic E-state index is 12.7. The number of fused-ring (bicyclic) bond motifs is 1. The van der Waals surface area contributed by atoms with Crippen molar-refractivity contribution >= 4 is 17.1 Å². The highest BCUT2D eigenvalue weighted by Gasteiger charge is 2.20. The molecular formula is C20H16N4O5. The molecule has 29 heavy (non-hydrogen) atoms. The molecule has 0 aliphatic rings. The van der Waals surface area contributed by atoms with Crippen LogP contribution in [0.15, 0.2) is 59.7 Å². The van der Waals surface area contributed by atoms with Crippen LogP contribution in [0.5, 0.6) is 11.5 Å². The van der Waals surface area contributed by atoms with E-state index in [9.17, 15) is 14.7 Å². The zero-order valence-electron chi connectivity index (χ0n) is 15.6. The summed E-state index contributed by atoms with van der Waals surface area (Å²) in [4.78, 5) is 32.8. The molecule has 9 nitrogen and oxygen atoms in total. The van der Waals surface area contributed by atoms with Crippen molar-refractivity contribution in [2.75, 3.05) is 14.2 Å². The Kier molecular flexibility index (Phi) is 4.47. The minimum atomic E-state index is -1.37. The van der Waals surface area contributed by atoms with Crippen molar-refractivity contribution in [3.8, 4) is 28.6 Å². The van der Waals surface area contributed by atoms with E-state index >= 15 is 0 Å². The number of ether oxygens (including phenoxy) is 2. The topological polar surface area (TPSA) is 108 Å². The van der Waals surface area contributed by atoms with E-state index < -0.39 is 11.8 Å². The van der Waals surface area contributed by atoms with Crippen LogP contribution in [0.2, 0.25) is 0 Å². The molecule has 0 saturated carbocycles. The predicted molar refractivity (Wildman–Crippen MR) is 105 cm³/mol. The molecule has 4 aromatic rings. The first-order valence-electron chi connectivity index (χ1n) is 8.55. The highest BCUT2D eigenvalue weighted by Crippen LogP contribution is 2.32. The lowest BCUT2D eigenvalue weighted by Crippen LogP contribution is -2.28. The van der Waals surface area contributed by atoms with Gasteiger partial charge in [0.15, 0.2) is 0 Å². The summed E-state index contributed by atoms with van der Waals surface area (Å²) in [6.07, 6.45) is 1.71. The number of hydrogen-bond donors (Lipinski definition) is 1. The van der Waals surface area contributed by atoms with E-state index in [0.29, 0.717) is 27.1 Å². The first kappa shape index (κ1) is 18.2. The van der Waals surface area contributed by atoms with Gasteiger partial charge in [0.05, 0.1) is 25.3 Å². The molecule has 2 aromatic carbocycles. The number of imidazole rings is 1. The summed E-state index contributed by atoms with van der Waals surface area (Å²) in [7, 11) is 3.12. The van der Waals surface area contributed by atoms with Crippen LogP contribution < -0.4 is 15.2 Å². The van der Waals surface area contributed by atoms with E-state index in [1.807, 2.05) is 0 Å². The van der Waals surface area contributed by atoms with Crippen LogP contribution in [-0.2, 0) is 0 Å². The fraction of sp³-hybridized carbons (Fsp3) is 0.100. The van der Waals surface area contributed by atoms with Crippen LogP contribution in [0, 0.1) is 0 Å². The molecule has 0 unspecified atom stereocenters. The third-order valence-electron chi connectivity index (χ3n) is 4.49. The summed E-state index contributed by atoms with van der Waals surface area (Å²) in [5, 5.41) is 9.41. The Morgan fingerprint density at radius 1 is 1.00 bits per heavy atom. The van der Waals surface area contributed by atoms with Crippen molar-refractivity contribution in [2.24, 2.45) is 0 Å². The smallest absolute Gasteiger partial charge is 0.420 e. The Labute approximate surface area is 164 Å². The second-order valence-electron chi connectivity index (χ2n) is 6.06. The first-order chi connectivity index (χ1) is 14.0. The number of rotatable bonds is 4. The molecule has 0 aliphatic carbocycles. The quantitative estimate of drug-likeness (QED) is 0.569. The number of methoxy groups -OCH3 is 2. The highest BCUT2D eigenvalue weighted by molar-refractivity contribution is 5.86. The fourth-order valence-corrected chi connectivity index (χ4v) is 3.14. The lowest BCUT2D eigenvalue weighted by molar-refractivity contribution is 0.196. The van der Waals surface area contributed by atoms with Gasteiger partial charge in [-0.05, 0) is 30.3 Å². The van der Waals surface area contributed by atoms with Gasteiger partial charge < -0.3 is 14.6 Å². The van der Waals surface area contributed by atoms with Gasteiger partial charge in [-0.2, -0.15) is 4.57 Å². The molecule has 0 bridgehead atoms. The normalized spacial score (nSPS) is 10.8. The number of benzene rings is 2. The number of aromatic nitrogens is 4. The second kappa shape index (κ2) is 7.12. The number of nitrogens with zero attached hydrogens (tertiary/aromatic N) is 4. The summed E-state index contributed by atoms with van der Waals surface area (Å²) in [6, 6.07) is 11.9. The van der Waals surface area contributed by atoms with Gasteiger partial charge in [-0.15, -0.1) is 0 Å². The average Bonchev–Trinajstić information content (AvgIpc) is 3.05. The van der Waals surface area contributed by atoms with Crippen LogP contribution in [0.25, 0.3) is 28.1 Å². The van der Waals surface area contributed by atoms with E-state index in [0.717, 1.165) is 10.1 Å². The molecule has 2 heterocycles. The largest absolute Gasteiger partial charge is 0.497 e. The summed E-state index contributed by atoms with van der Waals surface area (Å²) >= 11 is 0. The molecule has 0 fully saturated rings. The first-order valence-corrected chi connectivity index (χ1v) is 8.55. The van der Waals surface area contributed by atoms with Gasteiger partial charge in [-0.25, -0.2) is 24.1 Å². The van der Waals surface area contributed by atoms with Gasteiger partial charge in [0.2, 0.25) is 5.95 Å². The maximum atomic E-state index is 12.7. The van der Waals surface area contributed by atoms with E-state index in [-0.39, 0.29) is 11.5 Å². The van der Waals surface area contributed by atoms with Gasteiger partial charge in [0.1, 0.15) is 11.5 Å². The third-order valence-corrected chi connectivity index (χ3v) is 4.49. The molecule has 146 valence electrons. The van der Waals surface area contributed by atoms with E-state index in [1.165, 1.54) is 0 Å². The molecular weight excluding hydrogens is 376 g/mol. The van der Waals surface area contributed by atoms with Crippen molar-refractivity contribution in [3.05, 3.63) is 65.3 Å². The van der Waals surface area contributed by atoms with Crippen molar-refractivity contribution in [1.82, 2.24) is 19.1 Å². The number of para-hydroxylation sites is 2. The van der Waals surface area contributed by atoms with Crippen molar-refractivity contribution in [1.29, 1.82) is 0 Å². The van der Waals surface area contributed by atoms with E-state index in [1.54, 1.807) is 69.1 Å². The molecule has 9 heteroatoms. The van der Waals surface area contributed by atoms with Gasteiger partial charge >= 0.3 is 11.8 Å². The fourth-order valence-electron chi connectivity index (χ4n) is 3.14. The highest BCUT2D eigenvalue weighted by atomic mass is 16.5. The lowest BCUT2D eigenvalue weighted by Gasteiger charge is -2.10. The molecule has 0 radical (unpaired) electrons. The minimum absolute atomic E-state index is 0.0665. The van der Waals surface area contributed by atoms with Gasteiger partial charge in [0, 0.05) is 23.5 Å². The third kappa shape index (κ3) is 2.98.